The summed E-state index contributed by atoms with van der Waals surface area (Å²) in [6.07, 6.45) is 3.46. The number of aliphatic hydroxyl groups excluding tert-OH is 1. The Balaban J connectivity index is 1.48. The number of aliphatic hydroxyl groups is 1. The third-order valence-corrected chi connectivity index (χ3v) is 5.23. The fraction of sp³-hybridized carbons (Fsp3) is 0.600. The first-order valence-corrected chi connectivity index (χ1v) is 8.34. The van der Waals surface area contributed by atoms with Crippen molar-refractivity contribution < 1.29 is 14.7 Å². The highest BCUT2D eigenvalue weighted by Crippen LogP contribution is 2.35. The first-order chi connectivity index (χ1) is 10.1. The van der Waals surface area contributed by atoms with Gasteiger partial charge in [-0.1, -0.05) is 6.07 Å². The average Bonchev–Trinajstić information content (AvgIpc) is 3.06. The van der Waals surface area contributed by atoms with Gasteiger partial charge in [0.15, 0.2) is 0 Å². The molecule has 0 aliphatic carbocycles. The second-order valence-corrected chi connectivity index (χ2v) is 6.74. The minimum Gasteiger partial charge on any atom is -0.393 e. The number of amides is 2. The van der Waals surface area contributed by atoms with Crippen molar-refractivity contribution in [2.75, 3.05) is 6.54 Å². The van der Waals surface area contributed by atoms with E-state index in [1.54, 1.807) is 6.07 Å². The third-order valence-electron chi connectivity index (χ3n) is 4.37. The summed E-state index contributed by atoms with van der Waals surface area (Å²) in [6.45, 7) is 0.369. The molecule has 1 aromatic heterocycles. The number of rotatable bonds is 4. The Kier molecular flexibility index (Phi) is 4.26. The maximum Gasteiger partial charge on any atom is 0.261 e. The summed E-state index contributed by atoms with van der Waals surface area (Å²) in [5, 5.41) is 14.4. The Labute approximate surface area is 128 Å². The number of piperidine rings is 1. The van der Waals surface area contributed by atoms with Crippen molar-refractivity contribution in [1.29, 1.82) is 0 Å². The molecule has 2 saturated heterocycles. The molecule has 0 radical (unpaired) electrons. The second-order valence-electron chi connectivity index (χ2n) is 5.79. The van der Waals surface area contributed by atoms with Crippen LogP contribution in [0.5, 0.6) is 0 Å². The Hall–Kier alpha value is -1.40. The van der Waals surface area contributed by atoms with E-state index in [-0.39, 0.29) is 30.0 Å². The third kappa shape index (κ3) is 3.11. The van der Waals surface area contributed by atoms with Crippen LogP contribution in [-0.4, -0.2) is 46.6 Å². The predicted octanol–water partition coefficient (Wildman–Crippen LogP) is 1.38. The summed E-state index contributed by atoms with van der Waals surface area (Å²) in [4.78, 5) is 26.7. The van der Waals surface area contributed by atoms with E-state index in [0.717, 1.165) is 12.8 Å². The first kappa shape index (κ1) is 14.5. The van der Waals surface area contributed by atoms with Crippen LogP contribution in [0.1, 0.15) is 41.8 Å². The van der Waals surface area contributed by atoms with Crippen LogP contribution in [0.25, 0.3) is 0 Å². The maximum atomic E-state index is 12.3. The molecule has 21 heavy (non-hydrogen) atoms. The lowest BCUT2D eigenvalue weighted by Crippen LogP contribution is -2.48. The van der Waals surface area contributed by atoms with Gasteiger partial charge in [-0.05, 0) is 37.1 Å². The Morgan fingerprint density at radius 1 is 1.33 bits per heavy atom. The zero-order valence-electron chi connectivity index (χ0n) is 11.8. The molecular weight excluding hydrogens is 288 g/mol. The van der Waals surface area contributed by atoms with Crippen molar-refractivity contribution in [1.82, 2.24) is 10.2 Å². The molecule has 2 amide bonds. The van der Waals surface area contributed by atoms with Gasteiger partial charge in [-0.3, -0.25) is 9.59 Å². The topological polar surface area (TPSA) is 69.6 Å². The molecule has 0 spiro atoms. The quantitative estimate of drug-likeness (QED) is 0.883. The number of hydrogen-bond donors (Lipinski definition) is 2. The van der Waals surface area contributed by atoms with Gasteiger partial charge in [-0.15, -0.1) is 11.3 Å². The summed E-state index contributed by atoms with van der Waals surface area (Å²) >= 11 is 1.39. The predicted molar refractivity (Wildman–Crippen MR) is 80.2 cm³/mol. The van der Waals surface area contributed by atoms with Crippen LogP contribution in [0.15, 0.2) is 17.5 Å². The molecule has 114 valence electrons. The van der Waals surface area contributed by atoms with E-state index in [4.69, 9.17) is 0 Å². The highest BCUT2D eigenvalue weighted by molar-refractivity contribution is 7.12. The molecule has 3 heterocycles. The van der Waals surface area contributed by atoms with E-state index in [1.807, 2.05) is 16.3 Å². The molecule has 2 N–H and O–H groups in total. The summed E-state index contributed by atoms with van der Waals surface area (Å²) in [7, 11) is 0. The molecule has 0 aromatic carbocycles. The van der Waals surface area contributed by atoms with Crippen molar-refractivity contribution in [2.45, 2.75) is 50.3 Å². The van der Waals surface area contributed by atoms with Crippen molar-refractivity contribution in [3.8, 4) is 0 Å². The lowest BCUT2D eigenvalue weighted by molar-refractivity contribution is -0.137. The van der Waals surface area contributed by atoms with Gasteiger partial charge in [0.2, 0.25) is 5.91 Å². The largest absolute Gasteiger partial charge is 0.393 e. The summed E-state index contributed by atoms with van der Waals surface area (Å²) in [5.74, 6) is -0.0179. The molecule has 3 rings (SSSR count). The Morgan fingerprint density at radius 3 is 2.67 bits per heavy atom. The smallest absolute Gasteiger partial charge is 0.261 e. The molecule has 2 aliphatic heterocycles. The van der Waals surface area contributed by atoms with Gasteiger partial charge < -0.3 is 15.3 Å². The number of fused-ring (bicyclic) bond motifs is 2. The van der Waals surface area contributed by atoms with E-state index in [1.165, 1.54) is 11.3 Å². The highest BCUT2D eigenvalue weighted by Gasteiger charge is 2.42. The number of carbonyl (C=O) groups is 2. The van der Waals surface area contributed by atoms with E-state index < -0.39 is 0 Å². The van der Waals surface area contributed by atoms with Gasteiger partial charge in [-0.25, -0.2) is 0 Å². The second kappa shape index (κ2) is 6.15. The number of nitrogens with zero attached hydrogens (tertiary/aromatic N) is 1. The molecule has 2 atom stereocenters. The van der Waals surface area contributed by atoms with Crippen molar-refractivity contribution in [2.24, 2.45) is 0 Å². The van der Waals surface area contributed by atoms with Crippen LogP contribution in [0.3, 0.4) is 0 Å². The minimum absolute atomic E-state index is 0.0980. The molecule has 0 saturated carbocycles. The number of hydrogen-bond acceptors (Lipinski definition) is 4. The molecular formula is C15H20N2O3S. The van der Waals surface area contributed by atoms with Crippen LogP contribution in [0.4, 0.5) is 0 Å². The lowest BCUT2D eigenvalue weighted by Gasteiger charge is -2.37. The molecule has 2 fully saturated rings. The molecule has 5 nitrogen and oxygen atoms in total. The SMILES string of the molecule is O=C(NCCC(=O)N1C2CCC1CC(O)C2)c1cccs1. The summed E-state index contributed by atoms with van der Waals surface area (Å²) in [6, 6.07) is 3.99. The number of thiophene rings is 1. The van der Waals surface area contributed by atoms with Gasteiger partial charge >= 0.3 is 0 Å². The van der Waals surface area contributed by atoms with Gasteiger partial charge in [0.05, 0.1) is 11.0 Å². The van der Waals surface area contributed by atoms with Gasteiger partial charge in [0.1, 0.15) is 0 Å². The first-order valence-electron chi connectivity index (χ1n) is 7.46. The Bertz CT molecular complexity index is 503. The van der Waals surface area contributed by atoms with Crippen molar-refractivity contribution >= 4 is 23.2 Å². The fourth-order valence-corrected chi connectivity index (χ4v) is 4.10. The van der Waals surface area contributed by atoms with Crippen LogP contribution in [0.2, 0.25) is 0 Å². The Morgan fingerprint density at radius 2 is 2.05 bits per heavy atom. The minimum atomic E-state index is -0.259. The standard InChI is InChI=1S/C15H20N2O3S/c18-12-8-10-3-4-11(9-12)17(10)14(19)5-6-16-15(20)13-2-1-7-21-13/h1-2,7,10-12,18H,3-6,8-9H2,(H,16,20). The molecule has 1 aromatic rings. The van der Waals surface area contributed by atoms with E-state index >= 15 is 0 Å². The van der Waals surface area contributed by atoms with E-state index in [9.17, 15) is 14.7 Å². The number of carbonyl (C=O) groups excluding carboxylic acids is 2. The van der Waals surface area contributed by atoms with Gasteiger partial charge in [0, 0.05) is 25.0 Å². The highest BCUT2D eigenvalue weighted by atomic mass is 32.1. The normalized spacial score (nSPS) is 27.7. The molecule has 2 unspecified atom stereocenters. The zero-order valence-corrected chi connectivity index (χ0v) is 12.6. The van der Waals surface area contributed by atoms with Crippen molar-refractivity contribution in [3.63, 3.8) is 0 Å². The van der Waals surface area contributed by atoms with Crippen LogP contribution < -0.4 is 5.32 Å². The number of nitrogens with one attached hydrogen (secondary N) is 1. The summed E-state index contributed by atoms with van der Waals surface area (Å²) in [5.41, 5.74) is 0. The van der Waals surface area contributed by atoms with Gasteiger partial charge in [0.25, 0.3) is 5.91 Å². The van der Waals surface area contributed by atoms with Crippen LogP contribution >= 0.6 is 11.3 Å². The molecule has 2 bridgehead atoms. The van der Waals surface area contributed by atoms with Crippen LogP contribution in [0, 0.1) is 0 Å². The monoisotopic (exact) mass is 308 g/mol. The molecule has 2 aliphatic rings. The zero-order chi connectivity index (χ0) is 14.8. The van der Waals surface area contributed by atoms with E-state index in [2.05, 4.69) is 5.32 Å². The van der Waals surface area contributed by atoms with Crippen molar-refractivity contribution in [3.05, 3.63) is 22.4 Å². The molecule has 6 heteroatoms. The van der Waals surface area contributed by atoms with Gasteiger partial charge in [-0.2, -0.15) is 0 Å². The van der Waals surface area contributed by atoms with Crippen LogP contribution in [-0.2, 0) is 4.79 Å². The maximum absolute atomic E-state index is 12.3. The van der Waals surface area contributed by atoms with E-state index in [0.29, 0.717) is 30.7 Å². The lowest BCUT2D eigenvalue weighted by atomic mass is 9.99. The summed E-state index contributed by atoms with van der Waals surface area (Å²) < 4.78 is 0. The fourth-order valence-electron chi connectivity index (χ4n) is 3.46. The average molecular weight is 308 g/mol.